The number of thiazole rings is 1. The maximum atomic E-state index is 10.1. The fourth-order valence-electron chi connectivity index (χ4n) is 2.63. The predicted octanol–water partition coefficient (Wildman–Crippen LogP) is 1.31. The highest BCUT2D eigenvalue weighted by atomic mass is 32.2. The number of aromatic nitrogens is 4. The van der Waals surface area contributed by atoms with Crippen LogP contribution in [0.2, 0.25) is 0 Å². The van der Waals surface area contributed by atoms with E-state index in [0.29, 0.717) is 23.8 Å². The third kappa shape index (κ3) is 2.69. The van der Waals surface area contributed by atoms with Gasteiger partial charge >= 0.3 is 0 Å². The molecule has 3 aromatic rings. The van der Waals surface area contributed by atoms with Gasteiger partial charge in [0.15, 0.2) is 11.5 Å². The van der Waals surface area contributed by atoms with Crippen molar-refractivity contribution in [2.24, 2.45) is 0 Å². The zero-order valence-corrected chi connectivity index (χ0v) is 13.7. The highest BCUT2D eigenvalue weighted by Gasteiger charge is 2.37. The summed E-state index contributed by atoms with van der Waals surface area (Å²) in [6.45, 7) is 0.589. The van der Waals surface area contributed by atoms with E-state index in [1.165, 1.54) is 11.8 Å². The first kappa shape index (κ1) is 14.9. The zero-order chi connectivity index (χ0) is 15.8. The van der Waals surface area contributed by atoms with Gasteiger partial charge in [-0.05, 0) is 0 Å². The second-order valence-corrected chi connectivity index (χ2v) is 7.40. The van der Waals surface area contributed by atoms with Gasteiger partial charge in [-0.3, -0.25) is 4.40 Å². The molecule has 4 heterocycles. The van der Waals surface area contributed by atoms with E-state index in [1.54, 1.807) is 29.9 Å². The lowest BCUT2D eigenvalue weighted by Crippen LogP contribution is -2.25. The minimum absolute atomic E-state index is 0.186. The van der Waals surface area contributed by atoms with Crippen molar-refractivity contribution in [3.8, 4) is 0 Å². The molecule has 0 radical (unpaired) electrons. The lowest BCUT2D eigenvalue weighted by atomic mass is 10.1. The van der Waals surface area contributed by atoms with Crippen LogP contribution in [0.1, 0.15) is 16.0 Å². The number of nitrogens with one attached hydrogen (secondary N) is 1. The molecule has 7 nitrogen and oxygen atoms in total. The van der Waals surface area contributed by atoms with E-state index >= 15 is 0 Å². The molecular weight excluding hydrogens is 334 g/mol. The molecule has 1 aliphatic rings. The summed E-state index contributed by atoms with van der Waals surface area (Å²) < 4.78 is 1.91. The SMILES string of the molecule is O[C@@H]1[C@H](O)CS[C@H]1c1cnc2c(NCc3nccs3)nccn12. The Labute approximate surface area is 140 Å². The third-order valence-corrected chi connectivity index (χ3v) is 5.98. The van der Waals surface area contributed by atoms with Gasteiger partial charge in [-0.15, -0.1) is 23.1 Å². The Bertz CT molecular complexity index is 807. The molecule has 3 atom stereocenters. The molecule has 1 fully saturated rings. The Morgan fingerprint density at radius 1 is 1.26 bits per heavy atom. The highest BCUT2D eigenvalue weighted by Crippen LogP contribution is 2.40. The third-order valence-electron chi connectivity index (χ3n) is 3.79. The summed E-state index contributed by atoms with van der Waals surface area (Å²) in [4.78, 5) is 13.0. The molecule has 4 rings (SSSR count). The van der Waals surface area contributed by atoms with Crippen molar-refractivity contribution < 1.29 is 10.2 Å². The number of nitrogens with zero attached hydrogens (tertiary/aromatic N) is 4. The Kier molecular flexibility index (Phi) is 3.93. The molecule has 0 aliphatic carbocycles. The van der Waals surface area contributed by atoms with Crippen molar-refractivity contribution in [2.45, 2.75) is 24.0 Å². The van der Waals surface area contributed by atoms with E-state index in [4.69, 9.17) is 0 Å². The Morgan fingerprint density at radius 2 is 2.17 bits per heavy atom. The van der Waals surface area contributed by atoms with Crippen molar-refractivity contribution in [3.63, 3.8) is 0 Å². The maximum Gasteiger partial charge on any atom is 0.180 e. The van der Waals surface area contributed by atoms with Crippen molar-refractivity contribution in [1.29, 1.82) is 0 Å². The quantitative estimate of drug-likeness (QED) is 0.653. The van der Waals surface area contributed by atoms with E-state index in [9.17, 15) is 10.2 Å². The minimum atomic E-state index is -0.778. The minimum Gasteiger partial charge on any atom is -0.390 e. The van der Waals surface area contributed by atoms with Gasteiger partial charge in [0, 0.05) is 29.7 Å². The normalized spacial score (nSPS) is 24.3. The molecule has 0 unspecified atom stereocenters. The summed E-state index contributed by atoms with van der Waals surface area (Å²) in [7, 11) is 0. The first-order valence-corrected chi connectivity index (χ1v) is 9.09. The standard InChI is InChI=1S/C14H15N5O2S2/c20-9-7-23-12(11(9)21)8-5-18-14-13(16-1-3-19(8)14)17-6-10-15-2-4-22-10/h1-5,9,11-12,20-21H,6-7H2,(H,16,17)/t9-,11-,12+/m1/s1. The second-order valence-electron chi connectivity index (χ2n) is 5.24. The summed E-state index contributed by atoms with van der Waals surface area (Å²) in [5.41, 5.74) is 1.57. The smallest absolute Gasteiger partial charge is 0.180 e. The Hall–Kier alpha value is -1.68. The summed E-state index contributed by atoms with van der Waals surface area (Å²) in [5, 5.41) is 25.9. The van der Waals surface area contributed by atoms with Crippen molar-refractivity contribution in [3.05, 3.63) is 40.9 Å². The second kappa shape index (κ2) is 6.08. The molecule has 23 heavy (non-hydrogen) atoms. The van der Waals surface area contributed by atoms with Crippen molar-refractivity contribution in [1.82, 2.24) is 19.4 Å². The molecule has 120 valence electrons. The van der Waals surface area contributed by atoms with Crippen LogP contribution in [0, 0.1) is 0 Å². The fraction of sp³-hybridized carbons (Fsp3) is 0.357. The molecule has 0 spiro atoms. The van der Waals surface area contributed by atoms with E-state index in [0.717, 1.165) is 10.7 Å². The van der Waals surface area contributed by atoms with Crippen LogP contribution in [-0.4, -0.2) is 47.5 Å². The van der Waals surface area contributed by atoms with Crippen LogP contribution in [0.4, 0.5) is 5.82 Å². The van der Waals surface area contributed by atoms with Crippen molar-refractivity contribution >= 4 is 34.6 Å². The predicted molar refractivity (Wildman–Crippen MR) is 89.6 cm³/mol. The molecule has 1 aliphatic heterocycles. The monoisotopic (exact) mass is 349 g/mol. The molecule has 0 saturated carbocycles. The van der Waals surface area contributed by atoms with Crippen molar-refractivity contribution in [2.75, 3.05) is 11.1 Å². The summed E-state index contributed by atoms with van der Waals surface area (Å²) in [6, 6.07) is 0. The van der Waals surface area contributed by atoms with E-state index in [2.05, 4.69) is 20.3 Å². The number of hydrogen-bond acceptors (Lipinski definition) is 8. The van der Waals surface area contributed by atoms with Gasteiger partial charge in [-0.25, -0.2) is 15.0 Å². The number of imidazole rings is 1. The molecular formula is C14H15N5O2S2. The van der Waals surface area contributed by atoms with Crippen LogP contribution in [0.15, 0.2) is 30.2 Å². The van der Waals surface area contributed by atoms with Gasteiger partial charge in [0.25, 0.3) is 0 Å². The number of hydrogen-bond donors (Lipinski definition) is 3. The van der Waals surface area contributed by atoms with Gasteiger partial charge in [-0.1, -0.05) is 0 Å². The van der Waals surface area contributed by atoms with Crippen LogP contribution in [-0.2, 0) is 6.54 Å². The molecule has 0 bridgehead atoms. The first-order chi connectivity index (χ1) is 11.2. The van der Waals surface area contributed by atoms with Gasteiger partial charge in [0.1, 0.15) is 5.01 Å². The molecule has 3 N–H and O–H groups in total. The molecule has 0 aromatic carbocycles. The van der Waals surface area contributed by atoms with Crippen LogP contribution < -0.4 is 5.32 Å². The van der Waals surface area contributed by atoms with Crippen LogP contribution in [0.25, 0.3) is 5.65 Å². The zero-order valence-electron chi connectivity index (χ0n) is 12.0. The molecule has 9 heteroatoms. The summed E-state index contributed by atoms with van der Waals surface area (Å²) >= 11 is 3.12. The van der Waals surface area contributed by atoms with Crippen LogP contribution >= 0.6 is 23.1 Å². The van der Waals surface area contributed by atoms with Crippen LogP contribution in [0.3, 0.4) is 0 Å². The largest absolute Gasteiger partial charge is 0.390 e. The number of aliphatic hydroxyl groups excluding tert-OH is 2. The molecule has 0 amide bonds. The lowest BCUT2D eigenvalue weighted by Gasteiger charge is -2.15. The van der Waals surface area contributed by atoms with Gasteiger partial charge in [0.05, 0.1) is 35.9 Å². The Balaban J connectivity index is 1.64. The number of thioether (sulfide) groups is 1. The van der Waals surface area contributed by atoms with Gasteiger partial charge in [-0.2, -0.15) is 0 Å². The average molecular weight is 349 g/mol. The molecule has 1 saturated heterocycles. The topological polar surface area (TPSA) is 95.6 Å². The lowest BCUT2D eigenvalue weighted by molar-refractivity contribution is 0.0411. The number of fused-ring (bicyclic) bond motifs is 1. The summed E-state index contributed by atoms with van der Waals surface area (Å²) in [5.74, 6) is 1.20. The van der Waals surface area contributed by atoms with E-state index < -0.39 is 12.2 Å². The van der Waals surface area contributed by atoms with Crippen LogP contribution in [0.5, 0.6) is 0 Å². The first-order valence-electron chi connectivity index (χ1n) is 7.16. The average Bonchev–Trinajstić information content (AvgIpc) is 3.28. The number of aliphatic hydroxyl groups is 2. The Morgan fingerprint density at radius 3 is 2.91 bits per heavy atom. The van der Waals surface area contributed by atoms with E-state index in [1.807, 2.05) is 16.0 Å². The molecule has 3 aromatic heterocycles. The summed E-state index contributed by atoms with van der Waals surface area (Å²) in [6.07, 6.45) is 5.56. The van der Waals surface area contributed by atoms with E-state index in [-0.39, 0.29) is 5.25 Å². The fourth-order valence-corrected chi connectivity index (χ4v) is 4.52. The maximum absolute atomic E-state index is 10.1. The van der Waals surface area contributed by atoms with Gasteiger partial charge in [0.2, 0.25) is 0 Å². The number of rotatable bonds is 4. The highest BCUT2D eigenvalue weighted by molar-refractivity contribution is 7.99. The van der Waals surface area contributed by atoms with Gasteiger partial charge < -0.3 is 15.5 Å². The number of anilines is 1.